The fraction of sp³-hybridized carbons (Fsp3) is 0.294. The number of benzene rings is 2. The summed E-state index contributed by atoms with van der Waals surface area (Å²) in [5.74, 6) is -0.664. The second-order valence-electron chi connectivity index (χ2n) is 4.86. The molecule has 0 fully saturated rings. The maximum Gasteiger partial charge on any atom is 0.429 e. The molecule has 0 atom stereocenters. The maximum absolute atomic E-state index is 13.2. The molecule has 2 aromatic carbocycles. The van der Waals surface area contributed by atoms with Gasteiger partial charge in [-0.3, -0.25) is 4.79 Å². The van der Waals surface area contributed by atoms with Gasteiger partial charge in [0.05, 0.1) is 18.7 Å². The topological polar surface area (TPSA) is 38.7 Å². The fourth-order valence-electron chi connectivity index (χ4n) is 2.17. The average Bonchev–Trinajstić information content (AvgIpc) is 2.50. The van der Waals surface area contributed by atoms with E-state index < -0.39 is 24.3 Å². The van der Waals surface area contributed by atoms with E-state index in [0.717, 1.165) is 5.39 Å². The van der Waals surface area contributed by atoms with Crippen LogP contribution in [0.1, 0.15) is 19.8 Å². The molecule has 0 aliphatic carbocycles. The third-order valence-corrected chi connectivity index (χ3v) is 3.22. The zero-order chi connectivity index (χ0) is 16.9. The molecule has 6 heteroatoms. The van der Waals surface area contributed by atoms with E-state index in [9.17, 15) is 18.0 Å². The Morgan fingerprint density at radius 2 is 1.78 bits per heavy atom. The van der Waals surface area contributed by atoms with Crippen molar-refractivity contribution in [2.45, 2.75) is 25.9 Å². The Balaban J connectivity index is 2.34. The van der Waals surface area contributed by atoms with Crippen LogP contribution in [0.4, 0.5) is 18.9 Å². The van der Waals surface area contributed by atoms with Gasteiger partial charge in [0.15, 0.2) is 0 Å². The first kappa shape index (κ1) is 17.0. The third-order valence-electron chi connectivity index (χ3n) is 3.22. The van der Waals surface area contributed by atoms with Crippen LogP contribution >= 0.6 is 0 Å². The van der Waals surface area contributed by atoms with Crippen LogP contribution in [-0.4, -0.2) is 24.5 Å². The Labute approximate surface area is 131 Å². The average molecular weight is 323 g/mol. The lowest BCUT2D eigenvalue weighted by Crippen LogP contribution is -2.24. The number of esters is 1. The van der Waals surface area contributed by atoms with Crippen LogP contribution in [0.15, 0.2) is 47.5 Å². The molecule has 122 valence electrons. The molecule has 0 heterocycles. The smallest absolute Gasteiger partial charge is 0.429 e. The lowest BCUT2D eigenvalue weighted by atomic mass is 10.1. The van der Waals surface area contributed by atoms with Crippen LogP contribution in [0, 0.1) is 0 Å². The summed E-state index contributed by atoms with van der Waals surface area (Å²) in [6.45, 7) is 1.74. The van der Waals surface area contributed by atoms with Crippen molar-refractivity contribution in [3.8, 4) is 0 Å². The second-order valence-corrected chi connectivity index (χ2v) is 4.86. The third kappa shape index (κ3) is 4.55. The molecule has 0 saturated heterocycles. The summed E-state index contributed by atoms with van der Waals surface area (Å²) < 4.78 is 44.1. The molecule has 2 aromatic rings. The molecule has 0 N–H and O–H groups in total. The summed E-state index contributed by atoms with van der Waals surface area (Å²) in [7, 11) is 0. The van der Waals surface area contributed by atoms with E-state index in [-0.39, 0.29) is 18.7 Å². The highest BCUT2D eigenvalue weighted by Crippen LogP contribution is 2.29. The molecule has 0 saturated carbocycles. The monoisotopic (exact) mass is 323 g/mol. The minimum Gasteiger partial charge on any atom is -0.466 e. The number of alkyl halides is 3. The van der Waals surface area contributed by atoms with Gasteiger partial charge in [-0.25, -0.2) is 4.99 Å². The molecule has 2 rings (SSSR count). The Hall–Kier alpha value is -2.37. The molecule has 0 aliphatic rings. The normalized spacial score (nSPS) is 12.4. The van der Waals surface area contributed by atoms with Gasteiger partial charge in [0.25, 0.3) is 0 Å². The predicted molar refractivity (Wildman–Crippen MR) is 83.0 cm³/mol. The molecular formula is C17H16F3NO2. The summed E-state index contributed by atoms with van der Waals surface area (Å²) in [5, 5.41) is 1.44. The van der Waals surface area contributed by atoms with Gasteiger partial charge in [-0.15, -0.1) is 0 Å². The number of nitrogens with zero attached hydrogens (tertiary/aromatic N) is 1. The molecular weight excluding hydrogens is 307 g/mol. The highest BCUT2D eigenvalue weighted by molar-refractivity contribution is 5.99. The maximum atomic E-state index is 13.2. The van der Waals surface area contributed by atoms with Crippen LogP contribution in [0.25, 0.3) is 10.8 Å². The molecule has 3 nitrogen and oxygen atoms in total. The molecule has 0 unspecified atom stereocenters. The highest BCUT2D eigenvalue weighted by atomic mass is 19.4. The van der Waals surface area contributed by atoms with E-state index in [4.69, 9.17) is 0 Å². The van der Waals surface area contributed by atoms with E-state index in [1.807, 2.05) is 0 Å². The van der Waals surface area contributed by atoms with Crippen LogP contribution in [0.2, 0.25) is 0 Å². The lowest BCUT2D eigenvalue weighted by Gasteiger charge is -2.11. The minimum absolute atomic E-state index is 0.140. The number of aliphatic imine (C=N–C) groups is 1. The Morgan fingerprint density at radius 1 is 1.09 bits per heavy atom. The van der Waals surface area contributed by atoms with Crippen molar-refractivity contribution >= 4 is 28.1 Å². The van der Waals surface area contributed by atoms with E-state index in [1.54, 1.807) is 43.3 Å². The molecule has 0 spiro atoms. The Kier molecular flexibility index (Phi) is 5.36. The number of hydrogen-bond acceptors (Lipinski definition) is 3. The number of ether oxygens (including phenoxy) is 1. The second kappa shape index (κ2) is 7.26. The van der Waals surface area contributed by atoms with E-state index in [1.165, 1.54) is 6.07 Å². The van der Waals surface area contributed by atoms with Gasteiger partial charge in [0, 0.05) is 11.8 Å². The number of carbonyl (C=O) groups is 1. The minimum atomic E-state index is -4.59. The number of halogens is 3. The van der Waals surface area contributed by atoms with Crippen LogP contribution < -0.4 is 0 Å². The Bertz CT molecular complexity index is 718. The molecule has 0 aromatic heterocycles. The standard InChI is InChI=1S/C17H16F3NO2/c1-2-23-16(22)11-10-15(17(18,19)20)21-14-9-5-7-12-6-3-4-8-13(12)14/h3-9H,2,10-11H2,1H3. The molecule has 0 amide bonds. The van der Waals surface area contributed by atoms with Crippen molar-refractivity contribution in [3.63, 3.8) is 0 Å². The summed E-state index contributed by atoms with van der Waals surface area (Å²) in [4.78, 5) is 15.1. The van der Waals surface area contributed by atoms with Crippen molar-refractivity contribution in [1.29, 1.82) is 0 Å². The molecule has 0 radical (unpaired) electrons. The van der Waals surface area contributed by atoms with Crippen molar-refractivity contribution in [2.75, 3.05) is 6.61 Å². The Morgan fingerprint density at radius 3 is 2.48 bits per heavy atom. The quantitative estimate of drug-likeness (QED) is 0.584. The van der Waals surface area contributed by atoms with Crippen molar-refractivity contribution < 1.29 is 22.7 Å². The molecule has 0 bridgehead atoms. The number of fused-ring (bicyclic) bond motifs is 1. The number of hydrogen-bond donors (Lipinski definition) is 0. The summed E-state index contributed by atoms with van der Waals surface area (Å²) in [6, 6.07) is 12.1. The summed E-state index contributed by atoms with van der Waals surface area (Å²) in [5.41, 5.74) is -0.749. The van der Waals surface area contributed by atoms with Gasteiger partial charge in [-0.2, -0.15) is 13.2 Å². The van der Waals surface area contributed by atoms with E-state index in [0.29, 0.717) is 5.39 Å². The zero-order valence-corrected chi connectivity index (χ0v) is 12.6. The molecule has 0 aliphatic heterocycles. The van der Waals surface area contributed by atoms with Gasteiger partial charge in [-0.1, -0.05) is 36.4 Å². The van der Waals surface area contributed by atoms with Gasteiger partial charge in [0.2, 0.25) is 0 Å². The summed E-state index contributed by atoms with van der Waals surface area (Å²) in [6.07, 6.45) is -5.45. The van der Waals surface area contributed by atoms with Crippen molar-refractivity contribution in [2.24, 2.45) is 4.99 Å². The SMILES string of the molecule is CCOC(=O)CCC(=Nc1cccc2ccccc12)C(F)(F)F. The first-order valence-electron chi connectivity index (χ1n) is 7.20. The van der Waals surface area contributed by atoms with Gasteiger partial charge < -0.3 is 4.74 Å². The van der Waals surface area contributed by atoms with E-state index in [2.05, 4.69) is 9.73 Å². The van der Waals surface area contributed by atoms with Crippen LogP contribution in [-0.2, 0) is 9.53 Å². The predicted octanol–water partition coefficient (Wildman–Crippen LogP) is 4.82. The van der Waals surface area contributed by atoms with Crippen molar-refractivity contribution in [3.05, 3.63) is 42.5 Å². The van der Waals surface area contributed by atoms with Gasteiger partial charge in [0.1, 0.15) is 5.71 Å². The summed E-state index contributed by atoms with van der Waals surface area (Å²) >= 11 is 0. The zero-order valence-electron chi connectivity index (χ0n) is 12.6. The van der Waals surface area contributed by atoms with Crippen molar-refractivity contribution in [1.82, 2.24) is 0 Å². The van der Waals surface area contributed by atoms with Gasteiger partial charge in [-0.05, 0) is 18.4 Å². The van der Waals surface area contributed by atoms with Gasteiger partial charge >= 0.3 is 12.1 Å². The largest absolute Gasteiger partial charge is 0.466 e. The first-order chi connectivity index (χ1) is 10.9. The first-order valence-corrected chi connectivity index (χ1v) is 7.20. The number of rotatable bonds is 5. The highest BCUT2D eigenvalue weighted by Gasteiger charge is 2.35. The fourth-order valence-corrected chi connectivity index (χ4v) is 2.17. The molecule has 23 heavy (non-hydrogen) atoms. The van der Waals surface area contributed by atoms with E-state index >= 15 is 0 Å². The van der Waals surface area contributed by atoms with Crippen LogP contribution in [0.5, 0.6) is 0 Å². The van der Waals surface area contributed by atoms with Crippen LogP contribution in [0.3, 0.4) is 0 Å². The lowest BCUT2D eigenvalue weighted by molar-refractivity contribution is -0.143. The number of carbonyl (C=O) groups excluding carboxylic acids is 1.